The van der Waals surface area contributed by atoms with Crippen molar-refractivity contribution in [2.45, 2.75) is 0 Å². The van der Waals surface area contributed by atoms with Crippen LogP contribution in [0.5, 0.6) is 0 Å². The summed E-state index contributed by atoms with van der Waals surface area (Å²) in [7, 11) is 0. The third-order valence-electron chi connectivity index (χ3n) is 3.16. The van der Waals surface area contributed by atoms with Gasteiger partial charge in [-0.1, -0.05) is 24.3 Å². The molecule has 7 heteroatoms. The molecule has 0 atom stereocenters. The van der Waals surface area contributed by atoms with Crippen molar-refractivity contribution in [2.75, 3.05) is 10.6 Å². The molecule has 114 valence electrons. The number of pyridine rings is 1. The molecule has 0 saturated carbocycles. The minimum absolute atomic E-state index is 0.0878. The second-order valence-corrected chi connectivity index (χ2v) is 4.80. The maximum absolute atomic E-state index is 12.0. The van der Waals surface area contributed by atoms with Gasteiger partial charge in [-0.2, -0.15) is 0 Å². The Morgan fingerprint density at radius 1 is 1.00 bits per heavy atom. The van der Waals surface area contributed by atoms with Gasteiger partial charge >= 0.3 is 6.03 Å². The summed E-state index contributed by atoms with van der Waals surface area (Å²) in [5.74, 6) is 0. The average molecular weight is 308 g/mol. The second-order valence-electron chi connectivity index (χ2n) is 4.80. The summed E-state index contributed by atoms with van der Waals surface area (Å²) in [6, 6.07) is 14.6. The van der Waals surface area contributed by atoms with Crippen LogP contribution in [0.25, 0.3) is 10.9 Å². The predicted octanol–water partition coefficient (Wildman–Crippen LogP) is 3.79. The van der Waals surface area contributed by atoms with Gasteiger partial charge in [0.15, 0.2) is 0 Å². The van der Waals surface area contributed by atoms with Crippen molar-refractivity contribution in [2.24, 2.45) is 0 Å². The Morgan fingerprint density at radius 3 is 2.61 bits per heavy atom. The number of anilines is 2. The molecule has 3 aromatic rings. The first kappa shape index (κ1) is 14.5. The van der Waals surface area contributed by atoms with E-state index in [2.05, 4.69) is 15.6 Å². The van der Waals surface area contributed by atoms with Gasteiger partial charge in [0.25, 0.3) is 5.69 Å². The van der Waals surface area contributed by atoms with Crippen LogP contribution in [0.15, 0.2) is 60.8 Å². The van der Waals surface area contributed by atoms with E-state index in [1.807, 2.05) is 24.3 Å². The summed E-state index contributed by atoms with van der Waals surface area (Å²) in [5.41, 5.74) is 1.62. The van der Waals surface area contributed by atoms with Crippen molar-refractivity contribution in [3.63, 3.8) is 0 Å². The summed E-state index contributed by atoms with van der Waals surface area (Å²) >= 11 is 0. The van der Waals surface area contributed by atoms with Gasteiger partial charge < -0.3 is 10.6 Å². The van der Waals surface area contributed by atoms with Crippen LogP contribution in [0, 0.1) is 10.1 Å². The molecule has 0 bridgehead atoms. The van der Waals surface area contributed by atoms with Gasteiger partial charge in [-0.3, -0.25) is 15.1 Å². The molecule has 2 amide bonds. The topological polar surface area (TPSA) is 97.2 Å². The van der Waals surface area contributed by atoms with Gasteiger partial charge in [-0.05, 0) is 18.2 Å². The van der Waals surface area contributed by atoms with Gasteiger partial charge in [-0.25, -0.2) is 4.79 Å². The number of nitro groups is 1. The molecule has 0 radical (unpaired) electrons. The zero-order valence-corrected chi connectivity index (χ0v) is 11.9. The maximum atomic E-state index is 12.0. The van der Waals surface area contributed by atoms with Crippen molar-refractivity contribution in [1.82, 2.24) is 4.98 Å². The van der Waals surface area contributed by atoms with E-state index in [0.717, 1.165) is 10.9 Å². The quantitative estimate of drug-likeness (QED) is 0.568. The summed E-state index contributed by atoms with van der Waals surface area (Å²) in [6.45, 7) is 0. The molecule has 0 unspecified atom stereocenters. The smallest absolute Gasteiger partial charge is 0.307 e. The molecule has 1 aromatic heterocycles. The fourth-order valence-electron chi connectivity index (χ4n) is 2.13. The van der Waals surface area contributed by atoms with E-state index in [9.17, 15) is 14.9 Å². The van der Waals surface area contributed by atoms with Gasteiger partial charge in [0, 0.05) is 23.2 Å². The summed E-state index contributed by atoms with van der Waals surface area (Å²) in [6.07, 6.45) is 1.55. The van der Waals surface area contributed by atoms with E-state index in [-0.39, 0.29) is 5.69 Å². The first-order valence-electron chi connectivity index (χ1n) is 6.79. The van der Waals surface area contributed by atoms with Gasteiger partial charge in [0.2, 0.25) is 0 Å². The number of hydrogen-bond acceptors (Lipinski definition) is 4. The number of nitrogens with one attached hydrogen (secondary N) is 2. The molecule has 0 aliphatic carbocycles. The van der Waals surface area contributed by atoms with E-state index < -0.39 is 11.0 Å². The average Bonchev–Trinajstić information content (AvgIpc) is 2.55. The third kappa shape index (κ3) is 3.41. The molecule has 0 spiro atoms. The van der Waals surface area contributed by atoms with E-state index in [1.54, 1.807) is 18.3 Å². The lowest BCUT2D eigenvalue weighted by Crippen LogP contribution is -2.19. The SMILES string of the molecule is O=C(Nc1cccc([N+](=O)[O-])c1)Nc1cnc2ccccc2c1. The molecule has 0 aliphatic heterocycles. The number of amides is 2. The monoisotopic (exact) mass is 308 g/mol. The minimum atomic E-state index is -0.518. The normalized spacial score (nSPS) is 10.3. The number of hydrogen-bond donors (Lipinski definition) is 2. The predicted molar refractivity (Wildman–Crippen MR) is 87.5 cm³/mol. The molecule has 2 aromatic carbocycles. The number of carbonyl (C=O) groups excluding carboxylic acids is 1. The van der Waals surface area contributed by atoms with Crippen molar-refractivity contribution in [3.05, 3.63) is 70.9 Å². The zero-order valence-electron chi connectivity index (χ0n) is 11.9. The number of benzene rings is 2. The third-order valence-corrected chi connectivity index (χ3v) is 3.16. The molecule has 23 heavy (non-hydrogen) atoms. The van der Waals surface area contributed by atoms with Crippen LogP contribution >= 0.6 is 0 Å². The highest BCUT2D eigenvalue weighted by Crippen LogP contribution is 2.18. The van der Waals surface area contributed by atoms with Crippen molar-refractivity contribution in [3.8, 4) is 0 Å². The lowest BCUT2D eigenvalue weighted by molar-refractivity contribution is -0.384. The number of nitro benzene ring substituents is 1. The number of para-hydroxylation sites is 1. The Morgan fingerprint density at radius 2 is 1.78 bits per heavy atom. The number of non-ortho nitro benzene ring substituents is 1. The number of aromatic nitrogens is 1. The van der Waals surface area contributed by atoms with Crippen LogP contribution in [-0.2, 0) is 0 Å². The number of nitrogens with zero attached hydrogens (tertiary/aromatic N) is 2. The summed E-state index contributed by atoms with van der Waals surface area (Å²) < 4.78 is 0. The summed E-state index contributed by atoms with van der Waals surface area (Å²) in [5, 5.41) is 16.8. The number of carbonyl (C=O) groups is 1. The fraction of sp³-hybridized carbons (Fsp3) is 0. The van der Waals surface area contributed by atoms with E-state index in [1.165, 1.54) is 18.2 Å². The van der Waals surface area contributed by atoms with E-state index in [0.29, 0.717) is 11.4 Å². The van der Waals surface area contributed by atoms with Crippen LogP contribution < -0.4 is 10.6 Å². The standard InChI is InChI=1S/C16H12N4O3/c21-16(18-12-5-3-6-14(9-12)20(22)23)19-13-8-11-4-1-2-7-15(11)17-10-13/h1-10H,(H2,18,19,21). The molecule has 1 heterocycles. The second kappa shape index (κ2) is 6.10. The van der Waals surface area contributed by atoms with Crippen molar-refractivity contribution in [1.29, 1.82) is 0 Å². The molecule has 7 nitrogen and oxygen atoms in total. The van der Waals surface area contributed by atoms with Crippen molar-refractivity contribution >= 4 is 34.0 Å². The minimum Gasteiger partial charge on any atom is -0.307 e. The van der Waals surface area contributed by atoms with Gasteiger partial charge in [0.1, 0.15) is 0 Å². The number of rotatable bonds is 3. The van der Waals surface area contributed by atoms with Crippen LogP contribution in [0.4, 0.5) is 21.9 Å². The van der Waals surface area contributed by atoms with Gasteiger partial charge in [-0.15, -0.1) is 0 Å². The molecular weight excluding hydrogens is 296 g/mol. The van der Waals surface area contributed by atoms with Crippen LogP contribution in [0.2, 0.25) is 0 Å². The Kier molecular flexibility index (Phi) is 3.84. The van der Waals surface area contributed by atoms with Crippen LogP contribution in [-0.4, -0.2) is 15.9 Å². The molecule has 3 rings (SSSR count). The largest absolute Gasteiger partial charge is 0.323 e. The Labute approximate surface area is 131 Å². The first-order chi connectivity index (χ1) is 11.1. The molecule has 2 N–H and O–H groups in total. The Balaban J connectivity index is 1.73. The summed E-state index contributed by atoms with van der Waals surface area (Å²) in [4.78, 5) is 26.4. The fourth-order valence-corrected chi connectivity index (χ4v) is 2.13. The Hall–Kier alpha value is -3.48. The lowest BCUT2D eigenvalue weighted by atomic mass is 10.2. The molecule has 0 saturated heterocycles. The lowest BCUT2D eigenvalue weighted by Gasteiger charge is -2.08. The van der Waals surface area contributed by atoms with Crippen LogP contribution in [0.3, 0.4) is 0 Å². The molecular formula is C16H12N4O3. The molecule has 0 aliphatic rings. The number of fused-ring (bicyclic) bond motifs is 1. The van der Waals surface area contributed by atoms with E-state index >= 15 is 0 Å². The van der Waals surface area contributed by atoms with Gasteiger partial charge in [0.05, 0.1) is 22.3 Å². The zero-order chi connectivity index (χ0) is 16.2. The van der Waals surface area contributed by atoms with Crippen LogP contribution in [0.1, 0.15) is 0 Å². The van der Waals surface area contributed by atoms with Crippen molar-refractivity contribution < 1.29 is 9.72 Å². The van der Waals surface area contributed by atoms with E-state index in [4.69, 9.17) is 0 Å². The number of urea groups is 1. The highest BCUT2D eigenvalue weighted by Gasteiger charge is 2.08. The first-order valence-corrected chi connectivity index (χ1v) is 6.79. The Bertz CT molecular complexity index is 895. The highest BCUT2D eigenvalue weighted by atomic mass is 16.6. The highest BCUT2D eigenvalue weighted by molar-refractivity contribution is 6.00. The molecule has 0 fully saturated rings. The maximum Gasteiger partial charge on any atom is 0.323 e.